The second-order valence-electron chi connectivity index (χ2n) is 2.40. The number of hydrogen-bond acceptors (Lipinski definition) is 3. The number of nitrogens with zero attached hydrogens (tertiary/aromatic N) is 1. The van der Waals surface area contributed by atoms with Gasteiger partial charge in [0.2, 0.25) is 0 Å². The van der Waals surface area contributed by atoms with Gasteiger partial charge >= 0.3 is 0 Å². The van der Waals surface area contributed by atoms with Crippen molar-refractivity contribution in [2.45, 2.75) is 19.4 Å². The Morgan fingerprint density at radius 1 is 1.70 bits per heavy atom. The smallest absolute Gasteiger partial charge is 0.251 e. The predicted octanol–water partition coefficient (Wildman–Crippen LogP) is -0.683. The number of rotatable bonds is 3. The second-order valence-corrected chi connectivity index (χ2v) is 2.40. The van der Waals surface area contributed by atoms with Gasteiger partial charge in [0, 0.05) is 0 Å². The molecule has 0 fully saturated rings. The first-order valence-electron chi connectivity index (χ1n) is 3.30. The second kappa shape index (κ2) is 4.24. The number of carbonyl (C=O) groups is 1. The molecule has 0 saturated carbocycles. The summed E-state index contributed by atoms with van der Waals surface area (Å²) in [7, 11) is 3.70. The first-order chi connectivity index (χ1) is 4.63. The van der Waals surface area contributed by atoms with Gasteiger partial charge in [-0.1, -0.05) is 6.92 Å². The standard InChI is InChI=1S/C6H15N3O/c1-4-5(9(2)3)6(10)8-7/h5H,4,7H2,1-3H3,(H,8,10)/t5-/m1/s1. The number of nitrogens with two attached hydrogens (primary N) is 1. The van der Waals surface area contributed by atoms with E-state index in [0.717, 1.165) is 6.42 Å². The quantitative estimate of drug-likeness (QED) is 0.314. The van der Waals surface area contributed by atoms with Gasteiger partial charge in [0.25, 0.3) is 5.91 Å². The minimum Gasteiger partial charge on any atom is -0.298 e. The summed E-state index contributed by atoms with van der Waals surface area (Å²) >= 11 is 0. The summed E-state index contributed by atoms with van der Waals surface area (Å²) in [6.07, 6.45) is 0.774. The van der Waals surface area contributed by atoms with Crippen molar-refractivity contribution in [1.29, 1.82) is 0 Å². The van der Waals surface area contributed by atoms with E-state index in [9.17, 15) is 4.79 Å². The molecule has 4 nitrogen and oxygen atoms in total. The molecule has 1 atom stereocenters. The Morgan fingerprint density at radius 3 is 2.30 bits per heavy atom. The highest BCUT2D eigenvalue weighted by molar-refractivity contribution is 5.80. The summed E-state index contributed by atoms with van der Waals surface area (Å²) in [6, 6.07) is -0.106. The van der Waals surface area contributed by atoms with Gasteiger partial charge in [-0.2, -0.15) is 0 Å². The Hall–Kier alpha value is -0.610. The van der Waals surface area contributed by atoms with Crippen LogP contribution in [-0.4, -0.2) is 30.9 Å². The van der Waals surface area contributed by atoms with Crippen LogP contribution in [0.3, 0.4) is 0 Å². The fourth-order valence-electron chi connectivity index (χ4n) is 0.881. The highest BCUT2D eigenvalue weighted by Gasteiger charge is 2.16. The van der Waals surface area contributed by atoms with Gasteiger partial charge in [0.1, 0.15) is 0 Å². The maximum absolute atomic E-state index is 10.9. The topological polar surface area (TPSA) is 58.4 Å². The minimum absolute atomic E-state index is 0.106. The molecule has 0 aliphatic heterocycles. The Labute approximate surface area is 61.3 Å². The first-order valence-corrected chi connectivity index (χ1v) is 3.30. The van der Waals surface area contributed by atoms with Crippen molar-refractivity contribution < 1.29 is 4.79 Å². The summed E-state index contributed by atoms with van der Waals surface area (Å²) in [6.45, 7) is 1.94. The van der Waals surface area contributed by atoms with E-state index < -0.39 is 0 Å². The van der Waals surface area contributed by atoms with E-state index in [4.69, 9.17) is 5.84 Å². The minimum atomic E-state index is -0.132. The molecule has 0 aromatic rings. The Morgan fingerprint density at radius 2 is 2.20 bits per heavy atom. The molecule has 0 spiro atoms. The molecule has 0 heterocycles. The molecule has 0 saturated heterocycles. The van der Waals surface area contributed by atoms with Gasteiger partial charge in [-0.05, 0) is 20.5 Å². The highest BCUT2D eigenvalue weighted by atomic mass is 16.2. The van der Waals surface area contributed by atoms with Crippen LogP contribution in [0.2, 0.25) is 0 Å². The fourth-order valence-corrected chi connectivity index (χ4v) is 0.881. The molecule has 0 rings (SSSR count). The van der Waals surface area contributed by atoms with Crippen LogP contribution in [0.4, 0.5) is 0 Å². The van der Waals surface area contributed by atoms with Crippen LogP contribution in [-0.2, 0) is 4.79 Å². The van der Waals surface area contributed by atoms with Gasteiger partial charge in [-0.15, -0.1) is 0 Å². The lowest BCUT2D eigenvalue weighted by molar-refractivity contribution is -0.125. The summed E-state index contributed by atoms with van der Waals surface area (Å²) in [5, 5.41) is 0. The molecule has 10 heavy (non-hydrogen) atoms. The van der Waals surface area contributed by atoms with Crippen LogP contribution in [0.25, 0.3) is 0 Å². The van der Waals surface area contributed by atoms with Crippen LogP contribution >= 0.6 is 0 Å². The predicted molar refractivity (Wildman–Crippen MR) is 40.1 cm³/mol. The third kappa shape index (κ3) is 2.33. The van der Waals surface area contributed by atoms with Crippen molar-refractivity contribution in [2.75, 3.05) is 14.1 Å². The van der Waals surface area contributed by atoms with E-state index in [2.05, 4.69) is 5.43 Å². The normalized spacial score (nSPS) is 13.3. The SMILES string of the molecule is CC[C@H](C(=O)NN)N(C)C. The fraction of sp³-hybridized carbons (Fsp3) is 0.833. The third-order valence-electron chi connectivity index (χ3n) is 1.45. The molecular formula is C6H15N3O. The number of carbonyl (C=O) groups excluding carboxylic acids is 1. The molecule has 4 heteroatoms. The maximum Gasteiger partial charge on any atom is 0.251 e. The lowest BCUT2D eigenvalue weighted by Crippen LogP contribution is -2.45. The molecule has 1 amide bonds. The van der Waals surface area contributed by atoms with E-state index >= 15 is 0 Å². The zero-order valence-electron chi connectivity index (χ0n) is 6.72. The van der Waals surface area contributed by atoms with Crippen molar-refractivity contribution in [3.63, 3.8) is 0 Å². The van der Waals surface area contributed by atoms with Gasteiger partial charge in [0.15, 0.2) is 0 Å². The van der Waals surface area contributed by atoms with Crippen LogP contribution in [0.1, 0.15) is 13.3 Å². The number of nitrogens with one attached hydrogen (secondary N) is 1. The van der Waals surface area contributed by atoms with Gasteiger partial charge < -0.3 is 0 Å². The molecule has 0 bridgehead atoms. The number of amides is 1. The van der Waals surface area contributed by atoms with Crippen LogP contribution < -0.4 is 11.3 Å². The van der Waals surface area contributed by atoms with E-state index in [1.54, 1.807) is 0 Å². The summed E-state index contributed by atoms with van der Waals surface area (Å²) < 4.78 is 0. The average molecular weight is 145 g/mol. The van der Waals surface area contributed by atoms with Crippen LogP contribution in [0.5, 0.6) is 0 Å². The third-order valence-corrected chi connectivity index (χ3v) is 1.45. The monoisotopic (exact) mass is 145 g/mol. The zero-order valence-corrected chi connectivity index (χ0v) is 6.72. The molecule has 0 aromatic carbocycles. The van der Waals surface area contributed by atoms with Crippen molar-refractivity contribution >= 4 is 5.91 Å². The van der Waals surface area contributed by atoms with E-state index in [1.807, 2.05) is 25.9 Å². The molecule has 0 aliphatic rings. The zero-order chi connectivity index (χ0) is 8.15. The van der Waals surface area contributed by atoms with Gasteiger partial charge in [0.05, 0.1) is 6.04 Å². The van der Waals surface area contributed by atoms with Crippen LogP contribution in [0, 0.1) is 0 Å². The van der Waals surface area contributed by atoms with E-state index in [1.165, 1.54) is 0 Å². The Balaban J connectivity index is 3.93. The van der Waals surface area contributed by atoms with Crippen molar-refractivity contribution in [2.24, 2.45) is 5.84 Å². The number of likely N-dealkylation sites (N-methyl/N-ethyl adjacent to an activating group) is 1. The van der Waals surface area contributed by atoms with Gasteiger partial charge in [-0.3, -0.25) is 15.1 Å². The Bertz CT molecular complexity index is 114. The largest absolute Gasteiger partial charge is 0.298 e. The molecule has 0 radical (unpaired) electrons. The molecule has 0 aromatic heterocycles. The van der Waals surface area contributed by atoms with Gasteiger partial charge in [-0.25, -0.2) is 5.84 Å². The number of hydrogen-bond donors (Lipinski definition) is 2. The van der Waals surface area contributed by atoms with Crippen molar-refractivity contribution in [1.82, 2.24) is 10.3 Å². The molecule has 0 unspecified atom stereocenters. The van der Waals surface area contributed by atoms with E-state index in [0.29, 0.717) is 0 Å². The molecular weight excluding hydrogens is 130 g/mol. The maximum atomic E-state index is 10.9. The lowest BCUT2D eigenvalue weighted by Gasteiger charge is -2.20. The Kier molecular flexibility index (Phi) is 3.99. The molecule has 60 valence electrons. The molecule has 3 N–H and O–H groups in total. The summed E-state index contributed by atoms with van der Waals surface area (Å²) in [5.41, 5.74) is 2.12. The average Bonchev–Trinajstić information content (AvgIpc) is 1.88. The number of hydrazine groups is 1. The van der Waals surface area contributed by atoms with Crippen LogP contribution in [0.15, 0.2) is 0 Å². The lowest BCUT2D eigenvalue weighted by atomic mass is 10.2. The first kappa shape index (κ1) is 9.39. The van der Waals surface area contributed by atoms with E-state index in [-0.39, 0.29) is 11.9 Å². The van der Waals surface area contributed by atoms with Crippen molar-refractivity contribution in [3.8, 4) is 0 Å². The highest BCUT2D eigenvalue weighted by Crippen LogP contribution is 1.96. The summed E-state index contributed by atoms with van der Waals surface area (Å²) in [4.78, 5) is 12.7. The molecule has 0 aliphatic carbocycles. The summed E-state index contributed by atoms with van der Waals surface area (Å²) in [5.74, 6) is 4.83. The van der Waals surface area contributed by atoms with Crippen molar-refractivity contribution in [3.05, 3.63) is 0 Å².